The molecule has 136 valence electrons. The lowest BCUT2D eigenvalue weighted by Crippen LogP contribution is -2.58. The molecule has 25 heavy (non-hydrogen) atoms. The Balaban J connectivity index is 1.36. The number of imide groups is 1. The molecule has 0 spiro atoms. The van der Waals surface area contributed by atoms with E-state index in [-0.39, 0.29) is 47.3 Å². The number of likely N-dealkylation sites (tertiary alicyclic amines) is 1. The molecule has 3 heterocycles. The Labute approximate surface area is 149 Å². The van der Waals surface area contributed by atoms with E-state index < -0.39 is 0 Å². The molecule has 3 aliphatic heterocycles. The van der Waals surface area contributed by atoms with Crippen molar-refractivity contribution in [3.8, 4) is 0 Å². The molecule has 4 nitrogen and oxygen atoms in total. The quantitative estimate of drug-likeness (QED) is 0.740. The van der Waals surface area contributed by atoms with E-state index in [9.17, 15) is 9.59 Å². The van der Waals surface area contributed by atoms with Crippen LogP contribution in [0.4, 0.5) is 0 Å². The first-order chi connectivity index (χ1) is 12.1. The number of carbonyl (C=O) groups excluding carboxylic acids is 2. The van der Waals surface area contributed by atoms with Crippen LogP contribution in [-0.2, 0) is 14.3 Å². The van der Waals surface area contributed by atoms with Crippen LogP contribution >= 0.6 is 0 Å². The molecule has 4 saturated carbocycles. The Morgan fingerprint density at radius 1 is 0.960 bits per heavy atom. The first-order valence-corrected chi connectivity index (χ1v) is 10.6. The summed E-state index contributed by atoms with van der Waals surface area (Å²) in [5, 5.41) is 0. The van der Waals surface area contributed by atoms with Gasteiger partial charge in [-0.3, -0.25) is 14.5 Å². The highest BCUT2D eigenvalue weighted by molar-refractivity contribution is 6.06. The van der Waals surface area contributed by atoms with Gasteiger partial charge in [0.25, 0.3) is 0 Å². The summed E-state index contributed by atoms with van der Waals surface area (Å²) < 4.78 is 5.92. The van der Waals surface area contributed by atoms with Crippen LogP contribution in [0.3, 0.4) is 0 Å². The smallest absolute Gasteiger partial charge is 0.236 e. The van der Waals surface area contributed by atoms with E-state index in [4.69, 9.17) is 4.74 Å². The Bertz CT molecular complexity index is 580. The molecule has 0 aromatic rings. The molecule has 4 heteroatoms. The van der Waals surface area contributed by atoms with Crippen LogP contribution in [0, 0.1) is 35.0 Å². The molecule has 6 bridgehead atoms. The summed E-state index contributed by atoms with van der Waals surface area (Å²) in [6.45, 7) is 2.20. The molecule has 0 unspecified atom stereocenters. The molecule has 5 atom stereocenters. The predicted octanol–water partition coefficient (Wildman–Crippen LogP) is 3.14. The molecule has 7 fully saturated rings. The fourth-order valence-corrected chi connectivity index (χ4v) is 8.52. The third-order valence-corrected chi connectivity index (χ3v) is 8.81. The van der Waals surface area contributed by atoms with Gasteiger partial charge in [-0.2, -0.15) is 0 Å². The molecule has 7 aliphatic rings. The van der Waals surface area contributed by atoms with Crippen LogP contribution in [0.15, 0.2) is 0 Å². The van der Waals surface area contributed by atoms with Crippen LogP contribution < -0.4 is 0 Å². The normalized spacial score (nSPS) is 53.8. The average Bonchev–Trinajstić information content (AvgIpc) is 3.23. The van der Waals surface area contributed by atoms with E-state index in [1.807, 2.05) is 0 Å². The number of nitrogens with zero attached hydrogens (tertiary/aromatic N) is 1. The topological polar surface area (TPSA) is 46.6 Å². The van der Waals surface area contributed by atoms with E-state index in [0.717, 1.165) is 37.0 Å². The van der Waals surface area contributed by atoms with Gasteiger partial charge in [-0.15, -0.1) is 0 Å². The highest BCUT2D eigenvalue weighted by Crippen LogP contribution is 2.63. The van der Waals surface area contributed by atoms with E-state index >= 15 is 0 Å². The standard InChI is InChI=1S/C21H29NO3/c1-2-16(21-8-11-5-12(9-21)7-13(6-11)10-21)22-19(23)17-14-3-4-15(25-14)18(17)20(22)24/h11-18H,2-10H2,1H3/t11?,12?,13?,14-,15-,16+,17+,18+,21?/m1/s1. The summed E-state index contributed by atoms with van der Waals surface area (Å²) in [4.78, 5) is 28.4. The molecular formula is C21H29NO3. The maximum Gasteiger partial charge on any atom is 0.236 e. The second-order valence-electron chi connectivity index (χ2n) is 10.1. The fraction of sp³-hybridized carbons (Fsp3) is 0.905. The van der Waals surface area contributed by atoms with Gasteiger partial charge in [0.15, 0.2) is 0 Å². The molecule has 3 saturated heterocycles. The minimum absolute atomic E-state index is 0.0188. The summed E-state index contributed by atoms with van der Waals surface area (Å²) in [5.41, 5.74) is 0.230. The fourth-order valence-electron chi connectivity index (χ4n) is 8.52. The summed E-state index contributed by atoms with van der Waals surface area (Å²) >= 11 is 0. The van der Waals surface area contributed by atoms with Crippen molar-refractivity contribution in [3.63, 3.8) is 0 Å². The van der Waals surface area contributed by atoms with Gasteiger partial charge < -0.3 is 4.74 Å². The highest BCUT2D eigenvalue weighted by atomic mass is 16.5. The van der Waals surface area contributed by atoms with Gasteiger partial charge in [-0.1, -0.05) is 6.92 Å². The Morgan fingerprint density at radius 3 is 1.88 bits per heavy atom. The molecule has 0 aromatic carbocycles. The van der Waals surface area contributed by atoms with Gasteiger partial charge in [-0.25, -0.2) is 0 Å². The average molecular weight is 343 g/mol. The second-order valence-corrected chi connectivity index (χ2v) is 10.1. The van der Waals surface area contributed by atoms with Crippen LogP contribution in [0.1, 0.15) is 64.7 Å². The van der Waals surface area contributed by atoms with Crippen molar-refractivity contribution in [1.29, 1.82) is 0 Å². The SMILES string of the molecule is CC[C@H](N1C(=O)[C@@H]2[C@@H](C1=O)[C@H]1CC[C@H]2O1)C12CC3CC(CC(C3)C1)C2. The highest BCUT2D eigenvalue weighted by Gasteiger charge is 2.65. The van der Waals surface area contributed by atoms with E-state index in [0.29, 0.717) is 0 Å². The first kappa shape index (κ1) is 15.2. The number of rotatable bonds is 3. The molecule has 0 aromatic heterocycles. The summed E-state index contributed by atoms with van der Waals surface area (Å²) in [5.74, 6) is 2.48. The zero-order valence-corrected chi connectivity index (χ0v) is 15.2. The van der Waals surface area contributed by atoms with Crippen molar-refractivity contribution in [2.75, 3.05) is 0 Å². The van der Waals surface area contributed by atoms with Crippen LogP contribution in [-0.4, -0.2) is 35.0 Å². The van der Waals surface area contributed by atoms with Gasteiger partial charge in [-0.05, 0) is 81.0 Å². The van der Waals surface area contributed by atoms with Crippen molar-refractivity contribution in [1.82, 2.24) is 4.90 Å². The van der Waals surface area contributed by atoms with Crippen molar-refractivity contribution < 1.29 is 14.3 Å². The Kier molecular flexibility index (Phi) is 2.96. The summed E-state index contributed by atoms with van der Waals surface area (Å²) in [7, 11) is 0. The maximum absolute atomic E-state index is 13.3. The van der Waals surface area contributed by atoms with E-state index in [2.05, 4.69) is 6.92 Å². The number of hydrogen-bond acceptors (Lipinski definition) is 3. The monoisotopic (exact) mass is 343 g/mol. The van der Waals surface area contributed by atoms with Gasteiger partial charge >= 0.3 is 0 Å². The van der Waals surface area contributed by atoms with Crippen LogP contribution in [0.5, 0.6) is 0 Å². The minimum atomic E-state index is -0.158. The summed E-state index contributed by atoms with van der Waals surface area (Å²) in [6.07, 6.45) is 10.9. The van der Waals surface area contributed by atoms with E-state index in [1.165, 1.54) is 38.5 Å². The van der Waals surface area contributed by atoms with Crippen molar-refractivity contribution in [2.24, 2.45) is 35.0 Å². The number of fused-ring (bicyclic) bond motifs is 5. The molecule has 0 radical (unpaired) electrons. The van der Waals surface area contributed by atoms with Crippen molar-refractivity contribution >= 4 is 11.8 Å². The second kappa shape index (κ2) is 4.88. The molecular weight excluding hydrogens is 314 g/mol. The number of hydrogen-bond donors (Lipinski definition) is 0. The number of amides is 2. The summed E-state index contributed by atoms with van der Waals surface area (Å²) in [6, 6.07) is 0.144. The minimum Gasteiger partial charge on any atom is -0.373 e. The third kappa shape index (κ3) is 1.82. The lowest BCUT2D eigenvalue weighted by atomic mass is 9.47. The Morgan fingerprint density at radius 2 is 1.44 bits per heavy atom. The third-order valence-electron chi connectivity index (χ3n) is 8.81. The predicted molar refractivity (Wildman–Crippen MR) is 91.4 cm³/mol. The van der Waals surface area contributed by atoms with Crippen molar-refractivity contribution in [3.05, 3.63) is 0 Å². The first-order valence-electron chi connectivity index (χ1n) is 10.6. The van der Waals surface area contributed by atoms with Gasteiger partial charge in [0.1, 0.15) is 0 Å². The van der Waals surface area contributed by atoms with Crippen LogP contribution in [0.2, 0.25) is 0 Å². The molecule has 4 aliphatic carbocycles. The molecule has 2 amide bonds. The van der Waals surface area contributed by atoms with Crippen molar-refractivity contribution in [2.45, 2.75) is 83.0 Å². The van der Waals surface area contributed by atoms with Crippen LogP contribution in [0.25, 0.3) is 0 Å². The van der Waals surface area contributed by atoms with Gasteiger partial charge in [0, 0.05) is 6.04 Å². The molecule has 7 rings (SSSR count). The van der Waals surface area contributed by atoms with Gasteiger partial charge in [0.05, 0.1) is 24.0 Å². The van der Waals surface area contributed by atoms with E-state index in [1.54, 1.807) is 4.90 Å². The zero-order valence-electron chi connectivity index (χ0n) is 15.2. The molecule has 0 N–H and O–H groups in total. The maximum atomic E-state index is 13.3. The lowest BCUT2D eigenvalue weighted by Gasteiger charge is -2.60. The number of carbonyl (C=O) groups is 2. The zero-order chi connectivity index (χ0) is 16.9. The number of ether oxygens (including phenoxy) is 1. The largest absolute Gasteiger partial charge is 0.373 e. The van der Waals surface area contributed by atoms with Gasteiger partial charge in [0.2, 0.25) is 11.8 Å². The Hall–Kier alpha value is -0.900. The lowest BCUT2D eigenvalue weighted by molar-refractivity contribution is -0.157.